The lowest BCUT2D eigenvalue weighted by Crippen LogP contribution is -2.52. The highest BCUT2D eigenvalue weighted by Crippen LogP contribution is 2.46. The fraction of sp³-hybridized carbons (Fsp3) is 0.649. The number of nitrogens with zero attached hydrogens (tertiary/aromatic N) is 4. The van der Waals surface area contributed by atoms with Gasteiger partial charge in [0.25, 0.3) is 6.57 Å². The van der Waals surface area contributed by atoms with Crippen LogP contribution in [0, 0.1) is 6.57 Å². The molecule has 50 heavy (non-hydrogen) atoms. The number of aliphatic hydroxyl groups excluding tert-OH is 1. The number of aliphatic hydroxyl groups is 1. The second-order valence-electron chi connectivity index (χ2n) is 16.9. The number of imidazole rings is 1. The molecule has 0 radical (unpaired) electrons. The van der Waals surface area contributed by atoms with Crippen molar-refractivity contribution in [2.75, 3.05) is 19.8 Å². The van der Waals surface area contributed by atoms with Crippen LogP contribution in [0.1, 0.15) is 57.9 Å². The summed E-state index contributed by atoms with van der Waals surface area (Å²) in [6, 6.07) is 11.7. The number of hydrogen-bond acceptors (Lipinski definition) is 8. The molecule has 0 bridgehead atoms. The zero-order chi connectivity index (χ0) is 36.1. The molecule has 1 N–H and O–H groups in total. The molecule has 1 aromatic carbocycles. The first-order valence-electron chi connectivity index (χ1n) is 18.0. The van der Waals surface area contributed by atoms with Crippen molar-refractivity contribution in [1.29, 1.82) is 0 Å². The van der Waals surface area contributed by atoms with Gasteiger partial charge in [0.1, 0.15) is 12.2 Å². The normalized spacial score (nSPS) is 27.4. The van der Waals surface area contributed by atoms with E-state index in [1.807, 2.05) is 10.6 Å². The quantitative estimate of drug-likeness (QED) is 0.155. The summed E-state index contributed by atoms with van der Waals surface area (Å²) in [6.45, 7) is 25.4. The molecular formula is C37H54ClN4O6Si2+. The molecule has 13 heteroatoms. The fourth-order valence-corrected chi connectivity index (χ4v) is 9.12. The molecule has 2 aromatic heterocycles. The number of halogens is 1. The molecule has 0 unspecified atom stereocenters. The number of hydrogen-bond donors (Lipinski definition) is 1. The van der Waals surface area contributed by atoms with Gasteiger partial charge >= 0.3 is 11.7 Å². The zero-order valence-corrected chi connectivity index (χ0v) is 33.6. The van der Waals surface area contributed by atoms with Crippen LogP contribution >= 0.6 is 11.6 Å². The van der Waals surface area contributed by atoms with Crippen molar-refractivity contribution in [2.45, 2.75) is 133 Å². The van der Waals surface area contributed by atoms with Crippen LogP contribution in [0.4, 0.5) is 0 Å². The number of aromatic nitrogens is 3. The van der Waals surface area contributed by atoms with Gasteiger partial charge in [-0.25, -0.2) is 4.98 Å². The molecule has 4 heterocycles. The highest BCUT2D eigenvalue weighted by Gasteiger charge is 2.72. The molecule has 0 spiro atoms. The molecular weight excluding hydrogens is 688 g/mol. The lowest BCUT2D eigenvalue weighted by molar-refractivity contribution is -0.0365. The smallest absolute Gasteiger partial charge is 0.441 e. The van der Waals surface area contributed by atoms with Gasteiger partial charge in [0.2, 0.25) is 6.10 Å². The summed E-state index contributed by atoms with van der Waals surface area (Å²) in [5.74, 6) is 0.455. The Labute approximate surface area is 303 Å². The Balaban J connectivity index is 1.28. The van der Waals surface area contributed by atoms with Crippen molar-refractivity contribution in [3.8, 4) is 23.8 Å². The van der Waals surface area contributed by atoms with E-state index in [1.54, 1.807) is 0 Å². The average molecular weight is 742 g/mol. The average Bonchev–Trinajstić information content (AvgIpc) is 3.69. The molecule has 0 amide bonds. The Morgan fingerprint density at radius 1 is 1.06 bits per heavy atom. The first-order chi connectivity index (χ1) is 23.5. The summed E-state index contributed by atoms with van der Waals surface area (Å²) in [6.07, 6.45) is 1.92. The van der Waals surface area contributed by atoms with E-state index in [2.05, 4.69) is 82.6 Å². The lowest BCUT2D eigenvalue weighted by atomic mass is 9.82. The van der Waals surface area contributed by atoms with Gasteiger partial charge in [-0.3, -0.25) is 9.30 Å². The summed E-state index contributed by atoms with van der Waals surface area (Å²) in [5.41, 5.74) is 2.88. The topological polar surface area (TPSA) is 101 Å². The molecule has 10 nitrogen and oxygen atoms in total. The van der Waals surface area contributed by atoms with E-state index >= 15 is 0 Å². The van der Waals surface area contributed by atoms with Gasteiger partial charge in [-0.2, -0.15) is 4.98 Å². The number of fused-ring (bicyclic) bond motifs is 2. The molecule has 3 fully saturated rings. The van der Waals surface area contributed by atoms with Crippen molar-refractivity contribution in [2.24, 2.45) is 0 Å². The van der Waals surface area contributed by atoms with E-state index in [0.717, 1.165) is 37.3 Å². The molecule has 4 atom stereocenters. The van der Waals surface area contributed by atoms with Crippen LogP contribution in [0.25, 0.3) is 27.3 Å². The Bertz CT molecular complexity index is 1710. The predicted octanol–water partition coefficient (Wildman–Crippen LogP) is 8.31. The van der Waals surface area contributed by atoms with E-state index in [1.165, 1.54) is 5.56 Å². The fourth-order valence-electron chi connectivity index (χ4n) is 6.81. The SMILES string of the molecule is C#[N+][C@]12OC[C@@H](Oc3nc4cc(Cl)c(-c5ccc(C6CCC(O)CC6)cc5)nc4n3COCC[Si](C)(C)C)[C@H]1OC[C@H]2O[Si](C)(C)C(C)(C)C. The molecule has 2 aliphatic heterocycles. The molecule has 3 aromatic rings. The first kappa shape index (κ1) is 37.4. The first-order valence-corrected chi connectivity index (χ1v) is 25.0. The van der Waals surface area contributed by atoms with Crippen molar-refractivity contribution < 1.29 is 28.5 Å². The number of benzene rings is 1. The Hall–Kier alpha value is -2.35. The molecule has 3 aliphatic rings. The van der Waals surface area contributed by atoms with E-state index in [0.29, 0.717) is 47.0 Å². The second-order valence-corrected chi connectivity index (χ2v) is 27.7. The third-order valence-electron chi connectivity index (χ3n) is 11.0. The van der Waals surface area contributed by atoms with Gasteiger partial charge in [0.05, 0.1) is 30.0 Å². The van der Waals surface area contributed by atoms with Crippen molar-refractivity contribution in [3.63, 3.8) is 0 Å². The predicted molar refractivity (Wildman–Crippen MR) is 203 cm³/mol. The Kier molecular flexibility index (Phi) is 10.7. The number of ether oxygens (including phenoxy) is 4. The van der Waals surface area contributed by atoms with Gasteiger partial charge in [-0.15, -0.1) is 0 Å². The maximum absolute atomic E-state index is 9.95. The van der Waals surface area contributed by atoms with Gasteiger partial charge in [0, 0.05) is 20.2 Å². The standard InChI is InChI=1S/C37H54ClN4O6Si2/c1-36(2,3)50(8,9)48-31-22-45-33-30(21-46-37(31,33)39-4)47-35-40-29-20-28(38)32(41-34(29)42(35)23-44-18-19-49(5,6)7)26-12-10-24(11-13-26)25-14-16-27(43)17-15-25/h4,10-13,20,25,27,30-31,33,43H,14-19,21-23H2,1-3,5-9H3/q+1/t25?,27?,30-,31-,33-,37-/m1/s1. The molecule has 1 aliphatic carbocycles. The molecule has 6 rings (SSSR count). The largest absolute Gasteiger partial charge is 0.456 e. The van der Waals surface area contributed by atoms with Gasteiger partial charge < -0.3 is 23.7 Å². The highest BCUT2D eigenvalue weighted by atomic mass is 35.5. The van der Waals surface area contributed by atoms with E-state index < -0.39 is 40.4 Å². The van der Waals surface area contributed by atoms with Crippen molar-refractivity contribution in [3.05, 3.63) is 45.8 Å². The second kappa shape index (κ2) is 14.2. The van der Waals surface area contributed by atoms with Crippen LogP contribution < -0.4 is 4.74 Å². The highest BCUT2D eigenvalue weighted by molar-refractivity contribution is 6.76. The third kappa shape index (κ3) is 7.57. The van der Waals surface area contributed by atoms with Gasteiger partial charge in [0.15, 0.2) is 26.2 Å². The molecule has 1 saturated carbocycles. The summed E-state index contributed by atoms with van der Waals surface area (Å²) >= 11 is 6.88. The van der Waals surface area contributed by atoms with Crippen LogP contribution in [0.5, 0.6) is 6.01 Å². The summed E-state index contributed by atoms with van der Waals surface area (Å²) in [5, 5.41) is 10.4. The Morgan fingerprint density at radius 2 is 1.76 bits per heavy atom. The summed E-state index contributed by atoms with van der Waals surface area (Å²) in [4.78, 5) is 14.2. The summed E-state index contributed by atoms with van der Waals surface area (Å²) < 4.78 is 34.1. The minimum absolute atomic E-state index is 0.00917. The zero-order valence-electron chi connectivity index (χ0n) is 30.9. The van der Waals surface area contributed by atoms with Crippen LogP contribution in [0.15, 0.2) is 30.3 Å². The van der Waals surface area contributed by atoms with E-state index in [4.69, 9.17) is 51.5 Å². The van der Waals surface area contributed by atoms with Crippen LogP contribution in [-0.2, 0) is 25.4 Å². The van der Waals surface area contributed by atoms with Gasteiger partial charge in [-0.1, -0.05) is 76.3 Å². The number of pyridine rings is 1. The minimum atomic E-state index is -2.18. The Morgan fingerprint density at radius 3 is 2.40 bits per heavy atom. The van der Waals surface area contributed by atoms with Crippen LogP contribution in [0.2, 0.25) is 48.8 Å². The maximum atomic E-state index is 9.95. The molecule has 2 saturated heterocycles. The van der Waals surface area contributed by atoms with Crippen LogP contribution in [-0.4, -0.2) is 86.0 Å². The lowest BCUT2D eigenvalue weighted by Gasteiger charge is -2.38. The van der Waals surface area contributed by atoms with Gasteiger partial charge in [-0.05, 0) is 72.3 Å². The monoisotopic (exact) mass is 741 g/mol. The third-order valence-corrected chi connectivity index (χ3v) is 17.5. The van der Waals surface area contributed by atoms with E-state index in [9.17, 15) is 5.11 Å². The van der Waals surface area contributed by atoms with Crippen molar-refractivity contribution >= 4 is 39.2 Å². The minimum Gasteiger partial charge on any atom is -0.456 e. The number of rotatable bonds is 11. The van der Waals surface area contributed by atoms with Crippen LogP contribution in [0.3, 0.4) is 0 Å². The van der Waals surface area contributed by atoms with Crippen molar-refractivity contribution in [1.82, 2.24) is 14.5 Å². The summed E-state index contributed by atoms with van der Waals surface area (Å²) in [7, 11) is -3.49. The van der Waals surface area contributed by atoms with E-state index in [-0.39, 0.29) is 24.5 Å². The molecule has 272 valence electrons. The maximum Gasteiger partial charge on any atom is 0.441 e.